The van der Waals surface area contributed by atoms with Crippen molar-refractivity contribution in [2.24, 2.45) is 7.05 Å². The molecule has 27 heavy (non-hydrogen) atoms. The van der Waals surface area contributed by atoms with Gasteiger partial charge < -0.3 is 9.55 Å². The van der Waals surface area contributed by atoms with Crippen molar-refractivity contribution in [3.8, 4) is 5.82 Å². The number of imidazole rings is 1. The maximum Gasteiger partial charge on any atom is 0.347 e. The maximum atomic E-state index is 12.1. The van der Waals surface area contributed by atoms with E-state index in [1.54, 1.807) is 4.68 Å². The van der Waals surface area contributed by atoms with Gasteiger partial charge in [0.2, 0.25) is 0 Å². The Bertz CT molecular complexity index is 1230. The van der Waals surface area contributed by atoms with Crippen LogP contribution in [0, 0.1) is 13.8 Å². The summed E-state index contributed by atoms with van der Waals surface area (Å²) in [6.07, 6.45) is 0.950. The number of rotatable bonds is 3. The van der Waals surface area contributed by atoms with Crippen LogP contribution in [0.2, 0.25) is 0 Å². The lowest BCUT2D eigenvalue weighted by molar-refractivity contribution is 0.768. The van der Waals surface area contributed by atoms with E-state index < -0.39 is 0 Å². The highest BCUT2D eigenvalue weighted by Gasteiger charge is 2.43. The van der Waals surface area contributed by atoms with Gasteiger partial charge in [-0.25, -0.2) is 14.8 Å². The molecule has 8 heteroatoms. The van der Waals surface area contributed by atoms with Crippen LogP contribution in [0.3, 0.4) is 0 Å². The van der Waals surface area contributed by atoms with Crippen LogP contribution in [0.4, 0.5) is 0 Å². The normalized spacial score (nSPS) is 18.9. The summed E-state index contributed by atoms with van der Waals surface area (Å²) in [4.78, 5) is 28.2. The van der Waals surface area contributed by atoms with Gasteiger partial charge in [-0.15, -0.1) is 5.10 Å². The van der Waals surface area contributed by atoms with Gasteiger partial charge in [0.05, 0.1) is 11.0 Å². The molecule has 1 saturated carbocycles. The minimum atomic E-state index is -0.370. The minimum absolute atomic E-state index is 0.222. The van der Waals surface area contributed by atoms with Crippen molar-refractivity contribution in [3.63, 3.8) is 0 Å². The molecule has 1 aliphatic rings. The number of aromatic amines is 1. The van der Waals surface area contributed by atoms with Crippen LogP contribution in [-0.2, 0) is 7.05 Å². The van der Waals surface area contributed by atoms with Crippen molar-refractivity contribution in [2.75, 3.05) is 0 Å². The van der Waals surface area contributed by atoms with Crippen molar-refractivity contribution < 1.29 is 0 Å². The SMILES string of the molecule is Cc1nc(C)n(-c2cc([C@@H]3C[C@H]3c3nc4ccccc4n3C)[nH]c(=O)n2)n1. The predicted molar refractivity (Wildman–Crippen MR) is 100 cm³/mol. The Morgan fingerprint density at radius 3 is 2.67 bits per heavy atom. The number of aryl methyl sites for hydroxylation is 3. The third kappa shape index (κ3) is 2.56. The lowest BCUT2D eigenvalue weighted by Gasteiger charge is -2.05. The average Bonchev–Trinajstić information content (AvgIpc) is 3.27. The van der Waals surface area contributed by atoms with Gasteiger partial charge in [-0.2, -0.15) is 9.67 Å². The fourth-order valence-corrected chi connectivity index (χ4v) is 3.83. The van der Waals surface area contributed by atoms with Crippen LogP contribution in [0.5, 0.6) is 0 Å². The molecule has 5 rings (SSSR count). The molecule has 1 fully saturated rings. The topological polar surface area (TPSA) is 94.3 Å². The van der Waals surface area contributed by atoms with Gasteiger partial charge in [-0.1, -0.05) is 12.1 Å². The quantitative estimate of drug-likeness (QED) is 0.603. The molecule has 3 heterocycles. The van der Waals surface area contributed by atoms with E-state index in [2.05, 4.69) is 30.7 Å². The molecule has 1 N–H and O–H groups in total. The van der Waals surface area contributed by atoms with Crippen LogP contribution >= 0.6 is 0 Å². The van der Waals surface area contributed by atoms with E-state index in [1.807, 2.05) is 45.2 Å². The first kappa shape index (κ1) is 15.9. The molecule has 0 saturated heterocycles. The van der Waals surface area contributed by atoms with E-state index in [-0.39, 0.29) is 17.5 Å². The van der Waals surface area contributed by atoms with E-state index in [0.717, 1.165) is 29.0 Å². The second kappa shape index (κ2) is 5.60. The molecule has 1 aliphatic carbocycles. The summed E-state index contributed by atoms with van der Waals surface area (Å²) in [6.45, 7) is 3.67. The van der Waals surface area contributed by atoms with Crippen LogP contribution in [0.1, 0.15) is 41.4 Å². The zero-order chi connectivity index (χ0) is 18.7. The Labute approximate surface area is 154 Å². The van der Waals surface area contributed by atoms with Crippen LogP contribution in [0.15, 0.2) is 35.1 Å². The van der Waals surface area contributed by atoms with Gasteiger partial charge in [0, 0.05) is 30.6 Å². The van der Waals surface area contributed by atoms with Crippen LogP contribution < -0.4 is 5.69 Å². The maximum absolute atomic E-state index is 12.1. The molecule has 4 aromatic rings. The Morgan fingerprint density at radius 2 is 1.93 bits per heavy atom. The third-order valence-electron chi connectivity index (χ3n) is 5.19. The summed E-state index contributed by atoms with van der Waals surface area (Å²) < 4.78 is 3.76. The first-order chi connectivity index (χ1) is 13.0. The first-order valence-electron chi connectivity index (χ1n) is 8.94. The van der Waals surface area contributed by atoms with E-state index in [0.29, 0.717) is 17.5 Å². The van der Waals surface area contributed by atoms with E-state index in [1.165, 1.54) is 0 Å². The lowest BCUT2D eigenvalue weighted by Crippen LogP contribution is -2.17. The number of para-hydroxylation sites is 2. The fourth-order valence-electron chi connectivity index (χ4n) is 3.83. The van der Waals surface area contributed by atoms with Crippen molar-refractivity contribution >= 4 is 11.0 Å². The van der Waals surface area contributed by atoms with Gasteiger partial charge in [0.1, 0.15) is 17.5 Å². The molecule has 0 bridgehead atoms. The molecule has 1 aromatic carbocycles. The zero-order valence-electron chi connectivity index (χ0n) is 15.3. The molecule has 0 radical (unpaired) electrons. The minimum Gasteiger partial charge on any atom is -0.331 e. The smallest absolute Gasteiger partial charge is 0.331 e. The molecule has 0 unspecified atom stereocenters. The van der Waals surface area contributed by atoms with Gasteiger partial charge in [0.25, 0.3) is 0 Å². The first-order valence-corrected chi connectivity index (χ1v) is 8.94. The number of hydrogen-bond acceptors (Lipinski definition) is 5. The van der Waals surface area contributed by atoms with Crippen LogP contribution in [0.25, 0.3) is 16.9 Å². The van der Waals surface area contributed by atoms with Crippen molar-refractivity contribution in [1.82, 2.24) is 34.3 Å². The van der Waals surface area contributed by atoms with Crippen molar-refractivity contribution in [2.45, 2.75) is 32.1 Å². The summed E-state index contributed by atoms with van der Waals surface area (Å²) in [6, 6.07) is 10.0. The average molecular weight is 361 g/mol. The molecule has 3 aromatic heterocycles. The highest BCUT2D eigenvalue weighted by atomic mass is 16.1. The number of hydrogen-bond donors (Lipinski definition) is 1. The molecular formula is C19H19N7O. The van der Waals surface area contributed by atoms with E-state index in [4.69, 9.17) is 4.98 Å². The lowest BCUT2D eigenvalue weighted by atomic mass is 10.2. The number of benzene rings is 1. The van der Waals surface area contributed by atoms with Gasteiger partial charge in [0.15, 0.2) is 5.82 Å². The Kier molecular flexibility index (Phi) is 3.30. The molecular weight excluding hydrogens is 342 g/mol. The Morgan fingerprint density at radius 1 is 1.11 bits per heavy atom. The number of nitrogens with zero attached hydrogens (tertiary/aromatic N) is 6. The fraction of sp³-hybridized carbons (Fsp3) is 0.316. The summed E-state index contributed by atoms with van der Waals surface area (Å²) in [7, 11) is 2.04. The summed E-state index contributed by atoms with van der Waals surface area (Å²) in [5.41, 5.74) is 2.62. The molecule has 2 atom stereocenters. The van der Waals surface area contributed by atoms with Crippen LogP contribution in [-0.4, -0.2) is 34.3 Å². The summed E-state index contributed by atoms with van der Waals surface area (Å²) in [5.74, 6) is 3.42. The standard InChI is InChI=1S/C19H19N7O/c1-10-20-11(2)26(24-10)17-9-15(22-19(27)23-17)12-8-13(12)18-21-14-6-4-5-7-16(14)25(18)3/h4-7,9,12-13H,8H2,1-3H3,(H,22,23,27)/t12-,13-/m1/s1. The number of aromatic nitrogens is 7. The second-order valence-corrected chi connectivity index (χ2v) is 7.08. The van der Waals surface area contributed by atoms with Crippen molar-refractivity contribution in [1.29, 1.82) is 0 Å². The van der Waals surface area contributed by atoms with Gasteiger partial charge in [-0.3, -0.25) is 0 Å². The molecule has 0 spiro atoms. The predicted octanol–water partition coefficient (Wildman–Crippen LogP) is 2.13. The monoisotopic (exact) mass is 361 g/mol. The van der Waals surface area contributed by atoms with E-state index in [9.17, 15) is 4.79 Å². The third-order valence-corrected chi connectivity index (χ3v) is 5.19. The van der Waals surface area contributed by atoms with Gasteiger partial charge >= 0.3 is 5.69 Å². The zero-order valence-corrected chi connectivity index (χ0v) is 15.3. The second-order valence-electron chi connectivity index (χ2n) is 7.08. The summed E-state index contributed by atoms with van der Waals surface area (Å²) >= 11 is 0. The largest absolute Gasteiger partial charge is 0.347 e. The molecule has 0 aliphatic heterocycles. The van der Waals surface area contributed by atoms with Crippen molar-refractivity contribution in [3.05, 3.63) is 64.0 Å². The molecule has 0 amide bonds. The Hall–Kier alpha value is -3.29. The van der Waals surface area contributed by atoms with Gasteiger partial charge in [-0.05, 0) is 32.4 Å². The number of nitrogens with one attached hydrogen (secondary N) is 1. The highest BCUT2D eigenvalue weighted by Crippen LogP contribution is 2.53. The summed E-state index contributed by atoms with van der Waals surface area (Å²) in [5, 5.41) is 4.34. The number of fused-ring (bicyclic) bond motifs is 1. The molecule has 136 valence electrons. The van der Waals surface area contributed by atoms with E-state index >= 15 is 0 Å². The number of H-pyrrole nitrogens is 1. The highest BCUT2D eigenvalue weighted by molar-refractivity contribution is 5.76. The Balaban J connectivity index is 1.52. The molecule has 8 nitrogen and oxygen atoms in total.